The van der Waals surface area contributed by atoms with Crippen LogP contribution in [0.25, 0.3) is 11.2 Å². The van der Waals surface area contributed by atoms with Crippen molar-refractivity contribution in [1.82, 2.24) is 29.1 Å². The van der Waals surface area contributed by atoms with E-state index in [-0.39, 0.29) is 35.8 Å². The summed E-state index contributed by atoms with van der Waals surface area (Å²) in [5, 5.41) is 9.22. The van der Waals surface area contributed by atoms with E-state index in [1.54, 1.807) is 34.9 Å². The molecule has 0 bridgehead atoms. The molecule has 0 unspecified atom stereocenters. The SMILES string of the molecule is NC(=O)c1ccn2c1CS[C@@H]2c1cccnc1.O=c1[nH]cnc2c1ncn2[C@H]1CC[C@@H](CO)O1. The summed E-state index contributed by atoms with van der Waals surface area (Å²) >= 11 is 1.78. The normalized spacial score (nSPS) is 21.3. The molecule has 4 N–H and O–H groups in total. The van der Waals surface area contributed by atoms with Crippen molar-refractivity contribution < 1.29 is 14.6 Å². The van der Waals surface area contributed by atoms with Crippen molar-refractivity contribution in [3.05, 3.63) is 76.6 Å². The third kappa shape index (κ3) is 4.11. The number of hydrogen-bond acceptors (Lipinski definition) is 8. The van der Waals surface area contributed by atoms with Crippen LogP contribution >= 0.6 is 11.8 Å². The highest BCUT2D eigenvalue weighted by atomic mass is 32.2. The van der Waals surface area contributed by atoms with Gasteiger partial charge in [-0.1, -0.05) is 6.07 Å². The molecule has 0 aliphatic carbocycles. The number of nitrogens with zero attached hydrogens (tertiary/aromatic N) is 5. The maximum atomic E-state index is 11.5. The van der Waals surface area contributed by atoms with Crippen LogP contribution in [0.4, 0.5) is 0 Å². The number of nitrogens with two attached hydrogens (primary N) is 1. The summed E-state index contributed by atoms with van der Waals surface area (Å²) < 4.78 is 9.46. The number of hydrogen-bond donors (Lipinski definition) is 3. The molecule has 2 aliphatic heterocycles. The molecule has 0 saturated carbocycles. The van der Waals surface area contributed by atoms with Gasteiger partial charge in [-0.2, -0.15) is 0 Å². The molecule has 6 heterocycles. The molecule has 4 aromatic heterocycles. The maximum Gasteiger partial charge on any atom is 0.278 e. The first kappa shape index (κ1) is 22.3. The Kier molecular flexibility index (Phi) is 6.18. The number of carbonyl (C=O) groups excluding carboxylic acids is 1. The van der Waals surface area contributed by atoms with Crippen molar-refractivity contribution in [2.45, 2.75) is 36.3 Å². The Bertz CT molecular complexity index is 1370. The van der Waals surface area contributed by atoms with E-state index in [0.29, 0.717) is 16.7 Å². The molecule has 6 rings (SSSR count). The zero-order valence-corrected chi connectivity index (χ0v) is 18.9. The molecular weight excluding hydrogens is 458 g/mol. The lowest BCUT2D eigenvalue weighted by Crippen LogP contribution is -2.14. The monoisotopic (exact) mass is 481 g/mol. The summed E-state index contributed by atoms with van der Waals surface area (Å²) in [5.41, 5.74) is 8.68. The standard InChI is InChI=1S/C12H11N3OS.C10H12N4O3/c13-11(16)9-3-5-15-10(9)7-17-12(15)8-2-1-4-14-6-8;15-3-6-1-2-7(17-6)14-5-13-8-9(14)11-4-12-10(8)16/h1-6,12H,7H2,(H2,13,16);4-7,15H,1-3H2,(H,11,12,16)/t12-;6-,7+/m10/s1. The minimum absolute atomic E-state index is 0.0111. The number of aromatic nitrogens is 6. The fraction of sp³-hybridized carbons (Fsp3) is 0.318. The first-order valence-electron chi connectivity index (χ1n) is 10.7. The molecular formula is C22H23N7O4S. The molecule has 34 heavy (non-hydrogen) atoms. The van der Waals surface area contributed by atoms with Gasteiger partial charge in [-0.3, -0.25) is 19.1 Å². The van der Waals surface area contributed by atoms with E-state index in [4.69, 9.17) is 15.6 Å². The summed E-state index contributed by atoms with van der Waals surface area (Å²) in [6.07, 6.45) is 9.68. The van der Waals surface area contributed by atoms with Crippen LogP contribution in [-0.2, 0) is 10.5 Å². The Balaban J connectivity index is 0.000000142. The molecule has 1 amide bonds. The minimum atomic E-state index is -0.355. The highest BCUT2D eigenvalue weighted by molar-refractivity contribution is 7.99. The number of fused-ring (bicyclic) bond motifs is 2. The number of ether oxygens (including phenoxy) is 1. The smallest absolute Gasteiger partial charge is 0.278 e. The Hall–Kier alpha value is -3.48. The number of pyridine rings is 1. The predicted octanol–water partition coefficient (Wildman–Crippen LogP) is 1.57. The number of amides is 1. The third-order valence-electron chi connectivity index (χ3n) is 5.85. The molecule has 0 spiro atoms. The summed E-state index contributed by atoms with van der Waals surface area (Å²) in [5.74, 6) is 0.455. The summed E-state index contributed by atoms with van der Waals surface area (Å²) in [4.78, 5) is 37.5. The summed E-state index contributed by atoms with van der Waals surface area (Å²) in [7, 11) is 0. The van der Waals surface area contributed by atoms with Gasteiger partial charge in [-0.05, 0) is 25.0 Å². The van der Waals surface area contributed by atoms with Crippen molar-refractivity contribution in [3.8, 4) is 0 Å². The Morgan fingerprint density at radius 3 is 2.91 bits per heavy atom. The van der Waals surface area contributed by atoms with E-state index in [1.165, 1.54) is 6.33 Å². The first-order chi connectivity index (χ1) is 16.6. The van der Waals surface area contributed by atoms with Crippen molar-refractivity contribution in [1.29, 1.82) is 0 Å². The number of aliphatic hydroxyl groups is 1. The number of nitrogens with one attached hydrogen (secondary N) is 1. The van der Waals surface area contributed by atoms with Gasteiger partial charge in [0.1, 0.15) is 11.6 Å². The number of primary amides is 1. The van der Waals surface area contributed by atoms with Gasteiger partial charge < -0.3 is 25.1 Å². The fourth-order valence-corrected chi connectivity index (χ4v) is 5.50. The van der Waals surface area contributed by atoms with Crippen molar-refractivity contribution in [2.75, 3.05) is 6.61 Å². The number of H-pyrrole nitrogens is 1. The van der Waals surface area contributed by atoms with Gasteiger partial charge in [0.15, 0.2) is 11.2 Å². The molecule has 11 nitrogen and oxygen atoms in total. The lowest BCUT2D eigenvalue weighted by atomic mass is 10.2. The van der Waals surface area contributed by atoms with Crippen molar-refractivity contribution in [2.24, 2.45) is 5.73 Å². The number of thioether (sulfide) groups is 1. The summed E-state index contributed by atoms with van der Waals surface area (Å²) in [6.45, 7) is 0.0111. The zero-order chi connectivity index (χ0) is 23.7. The van der Waals surface area contributed by atoms with Gasteiger partial charge in [-0.25, -0.2) is 9.97 Å². The lowest BCUT2D eigenvalue weighted by Gasteiger charge is -2.13. The van der Waals surface area contributed by atoms with Crippen molar-refractivity contribution >= 4 is 28.8 Å². The molecule has 0 aromatic carbocycles. The fourth-order valence-electron chi connectivity index (χ4n) is 4.19. The predicted molar refractivity (Wildman–Crippen MR) is 125 cm³/mol. The quantitative estimate of drug-likeness (QED) is 0.397. The van der Waals surface area contributed by atoms with Crippen LogP contribution in [0.2, 0.25) is 0 Å². The van der Waals surface area contributed by atoms with E-state index < -0.39 is 0 Å². The van der Waals surface area contributed by atoms with E-state index in [9.17, 15) is 9.59 Å². The van der Waals surface area contributed by atoms with E-state index >= 15 is 0 Å². The number of aromatic amines is 1. The van der Waals surface area contributed by atoms with Gasteiger partial charge in [-0.15, -0.1) is 11.8 Å². The van der Waals surface area contributed by atoms with Crippen LogP contribution in [0.3, 0.4) is 0 Å². The van der Waals surface area contributed by atoms with Gasteiger partial charge in [0.2, 0.25) is 0 Å². The molecule has 1 fully saturated rings. The number of rotatable bonds is 4. The second-order valence-electron chi connectivity index (χ2n) is 7.93. The highest BCUT2D eigenvalue weighted by Crippen LogP contribution is 2.41. The minimum Gasteiger partial charge on any atom is -0.394 e. The molecule has 176 valence electrons. The number of carbonyl (C=O) groups is 1. The maximum absolute atomic E-state index is 11.5. The molecule has 1 saturated heterocycles. The van der Waals surface area contributed by atoms with Gasteiger partial charge in [0, 0.05) is 35.6 Å². The van der Waals surface area contributed by atoms with E-state index in [0.717, 1.165) is 29.9 Å². The zero-order valence-electron chi connectivity index (χ0n) is 18.1. The van der Waals surface area contributed by atoms with Crippen LogP contribution < -0.4 is 11.3 Å². The third-order valence-corrected chi connectivity index (χ3v) is 7.11. The molecule has 12 heteroatoms. The van der Waals surface area contributed by atoms with Crippen LogP contribution in [0.1, 0.15) is 46.1 Å². The second-order valence-corrected chi connectivity index (χ2v) is 8.99. The Morgan fingerprint density at radius 2 is 2.18 bits per heavy atom. The Labute approximate surface area is 198 Å². The average molecular weight is 482 g/mol. The molecule has 4 aromatic rings. The van der Waals surface area contributed by atoms with Crippen LogP contribution in [0.15, 0.2) is 54.2 Å². The largest absolute Gasteiger partial charge is 0.394 e. The van der Waals surface area contributed by atoms with E-state index in [2.05, 4.69) is 24.5 Å². The molecule has 0 radical (unpaired) electrons. The van der Waals surface area contributed by atoms with Gasteiger partial charge in [0.25, 0.3) is 11.5 Å². The Morgan fingerprint density at radius 1 is 1.29 bits per heavy atom. The lowest BCUT2D eigenvalue weighted by molar-refractivity contribution is -0.0207. The van der Waals surface area contributed by atoms with Crippen LogP contribution in [-0.4, -0.2) is 52.8 Å². The molecule has 3 atom stereocenters. The molecule has 2 aliphatic rings. The summed E-state index contributed by atoms with van der Waals surface area (Å²) in [6, 6.07) is 5.76. The van der Waals surface area contributed by atoms with Crippen molar-refractivity contribution in [3.63, 3.8) is 0 Å². The average Bonchev–Trinajstić information content (AvgIpc) is 3.63. The van der Waals surface area contributed by atoms with Crippen LogP contribution in [0.5, 0.6) is 0 Å². The first-order valence-corrected chi connectivity index (χ1v) is 11.8. The highest BCUT2D eigenvalue weighted by Gasteiger charge is 2.28. The van der Waals surface area contributed by atoms with Crippen LogP contribution in [0, 0.1) is 0 Å². The van der Waals surface area contributed by atoms with Gasteiger partial charge in [0.05, 0.1) is 30.9 Å². The van der Waals surface area contributed by atoms with E-state index in [1.807, 2.05) is 24.5 Å². The number of imidazole rings is 1. The number of aliphatic hydroxyl groups excluding tert-OH is 1. The topological polar surface area (TPSA) is 154 Å². The second kappa shape index (κ2) is 9.41. The van der Waals surface area contributed by atoms with Gasteiger partial charge >= 0.3 is 0 Å².